The third-order valence-corrected chi connectivity index (χ3v) is 7.15. The lowest BCUT2D eigenvalue weighted by molar-refractivity contribution is -0.0643. The fourth-order valence-corrected chi connectivity index (χ4v) is 5.54. The molecule has 1 aliphatic carbocycles. The minimum Gasteiger partial charge on any atom is -0.468 e. The zero-order chi connectivity index (χ0) is 20.1. The Kier molecular flexibility index (Phi) is 4.45. The van der Waals surface area contributed by atoms with Gasteiger partial charge in [-0.3, -0.25) is 0 Å². The van der Waals surface area contributed by atoms with Crippen LogP contribution in [0.25, 0.3) is 10.8 Å². The van der Waals surface area contributed by atoms with Crippen molar-refractivity contribution in [1.82, 2.24) is 5.01 Å². The Labute approximate surface area is 182 Å². The number of hydrogen-bond donors (Lipinski definition) is 0. The first-order valence-corrected chi connectivity index (χ1v) is 11.5. The van der Waals surface area contributed by atoms with Crippen molar-refractivity contribution in [3.05, 3.63) is 76.8 Å². The summed E-state index contributed by atoms with van der Waals surface area (Å²) in [5.41, 5.74) is 3.51. The van der Waals surface area contributed by atoms with Crippen molar-refractivity contribution in [3.63, 3.8) is 0 Å². The lowest BCUT2D eigenvalue weighted by atomic mass is 9.86. The van der Waals surface area contributed by atoms with Crippen molar-refractivity contribution in [3.8, 4) is 5.75 Å². The van der Waals surface area contributed by atoms with Gasteiger partial charge in [0.25, 0.3) is 0 Å². The molecule has 3 aromatic carbocycles. The molecule has 0 saturated heterocycles. The van der Waals surface area contributed by atoms with Gasteiger partial charge in [-0.2, -0.15) is 5.10 Å². The molecule has 6 rings (SSSR count). The molecule has 1 saturated carbocycles. The number of hydrazone groups is 1. The van der Waals surface area contributed by atoms with Crippen LogP contribution in [0.15, 0.2) is 65.8 Å². The molecule has 0 amide bonds. The number of nitrogens with zero attached hydrogens (tertiary/aromatic N) is 2. The van der Waals surface area contributed by atoms with Crippen molar-refractivity contribution in [1.29, 1.82) is 0 Å². The van der Waals surface area contributed by atoms with Crippen molar-refractivity contribution < 1.29 is 4.74 Å². The number of rotatable bonds is 2. The Morgan fingerprint density at radius 1 is 0.900 bits per heavy atom. The number of hydrogen-bond acceptors (Lipinski definition) is 3. The summed E-state index contributed by atoms with van der Waals surface area (Å²) in [6.07, 6.45) is 7.26. The molecule has 2 atom stereocenters. The topological polar surface area (TPSA) is 24.8 Å². The van der Waals surface area contributed by atoms with Gasteiger partial charge in [0.15, 0.2) is 6.23 Å². The van der Waals surface area contributed by atoms with Gasteiger partial charge in [0, 0.05) is 22.9 Å². The summed E-state index contributed by atoms with van der Waals surface area (Å²) in [5, 5.41) is 10.7. The molecular formula is C26H25ClN2O. The zero-order valence-electron chi connectivity index (χ0n) is 16.9. The fraction of sp³-hybridized carbons (Fsp3) is 0.346. The highest BCUT2D eigenvalue weighted by atomic mass is 35.5. The molecule has 1 fully saturated rings. The Morgan fingerprint density at radius 3 is 2.60 bits per heavy atom. The zero-order valence-corrected chi connectivity index (χ0v) is 17.7. The normalized spacial score (nSPS) is 23.6. The number of benzene rings is 3. The number of ether oxygens (including phenoxy) is 1. The largest absolute Gasteiger partial charge is 0.468 e. The SMILES string of the molecule is Clc1ccc2c(c1)C1CC(c3ccc4ccccc4c3)=NN1C(C1CCCCC1)O2. The quantitative estimate of drug-likeness (QED) is 0.451. The van der Waals surface area contributed by atoms with Crippen LogP contribution in [0.4, 0.5) is 0 Å². The maximum Gasteiger partial charge on any atom is 0.190 e. The average molecular weight is 417 g/mol. The van der Waals surface area contributed by atoms with Gasteiger partial charge in [0.05, 0.1) is 11.8 Å². The van der Waals surface area contributed by atoms with Crippen LogP contribution >= 0.6 is 11.6 Å². The monoisotopic (exact) mass is 416 g/mol. The molecular weight excluding hydrogens is 392 g/mol. The van der Waals surface area contributed by atoms with Gasteiger partial charge in [0.2, 0.25) is 0 Å². The summed E-state index contributed by atoms with van der Waals surface area (Å²) in [4.78, 5) is 0. The first kappa shape index (κ1) is 18.3. The molecule has 4 heteroatoms. The summed E-state index contributed by atoms with van der Waals surface area (Å²) >= 11 is 6.36. The van der Waals surface area contributed by atoms with Crippen LogP contribution in [-0.2, 0) is 0 Å². The Hall–Kier alpha value is -2.52. The predicted molar refractivity (Wildman–Crippen MR) is 122 cm³/mol. The summed E-state index contributed by atoms with van der Waals surface area (Å²) in [7, 11) is 0. The van der Waals surface area contributed by atoms with E-state index in [0.29, 0.717) is 5.92 Å². The minimum atomic E-state index is 0.0157. The van der Waals surface area contributed by atoms with Crippen molar-refractivity contribution in [2.45, 2.75) is 50.8 Å². The van der Waals surface area contributed by atoms with Crippen LogP contribution in [0, 0.1) is 5.92 Å². The van der Waals surface area contributed by atoms with E-state index in [1.165, 1.54) is 48.4 Å². The third kappa shape index (κ3) is 3.07. The van der Waals surface area contributed by atoms with Gasteiger partial charge < -0.3 is 4.74 Å². The minimum absolute atomic E-state index is 0.0157. The Balaban J connectivity index is 1.41. The predicted octanol–water partition coefficient (Wildman–Crippen LogP) is 6.94. The van der Waals surface area contributed by atoms with Crippen LogP contribution in [0.5, 0.6) is 5.75 Å². The molecule has 152 valence electrons. The second-order valence-corrected chi connectivity index (χ2v) is 9.23. The number of halogens is 1. The standard InChI is InChI=1S/C26H25ClN2O/c27-21-12-13-25-22(15-21)24-16-23(20-11-10-17-6-4-5-9-19(17)14-20)28-29(24)26(30-25)18-7-2-1-3-8-18/h4-6,9-15,18,24,26H,1-3,7-8,16H2. The van der Waals surface area contributed by atoms with E-state index < -0.39 is 0 Å². The van der Waals surface area contributed by atoms with E-state index in [1.807, 2.05) is 12.1 Å². The molecule has 2 aliphatic heterocycles. The van der Waals surface area contributed by atoms with E-state index in [4.69, 9.17) is 21.4 Å². The van der Waals surface area contributed by atoms with Gasteiger partial charge >= 0.3 is 0 Å². The Bertz CT molecular complexity index is 1130. The molecule has 3 aliphatic rings. The highest BCUT2D eigenvalue weighted by Gasteiger charge is 2.43. The van der Waals surface area contributed by atoms with Crippen molar-refractivity contribution >= 4 is 28.1 Å². The first-order valence-electron chi connectivity index (χ1n) is 11.1. The van der Waals surface area contributed by atoms with E-state index >= 15 is 0 Å². The molecule has 30 heavy (non-hydrogen) atoms. The average Bonchev–Trinajstić information content (AvgIpc) is 3.25. The van der Waals surface area contributed by atoms with Crippen LogP contribution in [-0.4, -0.2) is 16.9 Å². The van der Waals surface area contributed by atoms with Crippen LogP contribution in [0.1, 0.15) is 55.7 Å². The molecule has 3 aromatic rings. The molecule has 0 bridgehead atoms. The molecule has 0 N–H and O–H groups in total. The summed E-state index contributed by atoms with van der Waals surface area (Å²) < 4.78 is 6.55. The highest BCUT2D eigenvalue weighted by molar-refractivity contribution is 6.30. The van der Waals surface area contributed by atoms with Crippen molar-refractivity contribution in [2.24, 2.45) is 11.0 Å². The van der Waals surface area contributed by atoms with E-state index in [0.717, 1.165) is 28.5 Å². The maximum atomic E-state index is 6.55. The molecule has 3 nitrogen and oxygen atoms in total. The van der Waals surface area contributed by atoms with Crippen LogP contribution in [0.3, 0.4) is 0 Å². The summed E-state index contributed by atoms with van der Waals surface area (Å²) in [5.74, 6) is 1.51. The van der Waals surface area contributed by atoms with E-state index in [2.05, 4.69) is 53.5 Å². The van der Waals surface area contributed by atoms with E-state index in [-0.39, 0.29) is 12.3 Å². The van der Waals surface area contributed by atoms with Gasteiger partial charge in [-0.25, -0.2) is 5.01 Å². The van der Waals surface area contributed by atoms with Crippen LogP contribution < -0.4 is 4.74 Å². The summed E-state index contributed by atoms with van der Waals surface area (Å²) in [6.45, 7) is 0. The molecule has 0 radical (unpaired) electrons. The maximum absolute atomic E-state index is 6.55. The number of fused-ring (bicyclic) bond motifs is 4. The second kappa shape index (κ2) is 7.31. The molecule has 0 spiro atoms. The van der Waals surface area contributed by atoms with Crippen LogP contribution in [0.2, 0.25) is 5.02 Å². The van der Waals surface area contributed by atoms with E-state index in [9.17, 15) is 0 Å². The lowest BCUT2D eigenvalue weighted by Gasteiger charge is -2.42. The molecule has 0 aromatic heterocycles. The first-order chi connectivity index (χ1) is 14.8. The lowest BCUT2D eigenvalue weighted by Crippen LogP contribution is -2.45. The van der Waals surface area contributed by atoms with Gasteiger partial charge in [-0.05, 0) is 53.4 Å². The van der Waals surface area contributed by atoms with Gasteiger partial charge in [-0.1, -0.05) is 67.3 Å². The second-order valence-electron chi connectivity index (χ2n) is 8.80. The van der Waals surface area contributed by atoms with Gasteiger partial charge in [0.1, 0.15) is 5.75 Å². The molecule has 2 unspecified atom stereocenters. The molecule has 2 heterocycles. The highest BCUT2D eigenvalue weighted by Crippen LogP contribution is 2.47. The summed E-state index contributed by atoms with van der Waals surface area (Å²) in [6, 6.07) is 21.4. The van der Waals surface area contributed by atoms with E-state index in [1.54, 1.807) is 0 Å². The smallest absolute Gasteiger partial charge is 0.190 e. The fourth-order valence-electron chi connectivity index (χ4n) is 5.36. The van der Waals surface area contributed by atoms with Gasteiger partial charge in [-0.15, -0.1) is 0 Å². The Morgan fingerprint density at radius 2 is 1.73 bits per heavy atom. The van der Waals surface area contributed by atoms with Crippen molar-refractivity contribution in [2.75, 3.05) is 0 Å². The third-order valence-electron chi connectivity index (χ3n) is 6.92.